The molecular weight excluding hydrogens is 268 g/mol. The van der Waals surface area contributed by atoms with Gasteiger partial charge in [-0.15, -0.1) is 0 Å². The van der Waals surface area contributed by atoms with E-state index in [1.54, 1.807) is 0 Å². The van der Waals surface area contributed by atoms with Crippen LogP contribution < -0.4 is 16.6 Å². The zero-order valence-electron chi connectivity index (χ0n) is 11.9. The first-order chi connectivity index (χ1) is 10.1. The molecule has 3 N–H and O–H groups in total. The van der Waals surface area contributed by atoms with E-state index in [9.17, 15) is 4.79 Å². The molecule has 110 valence electrons. The number of nitrogen functional groups attached to an aromatic ring is 1. The second-order valence-corrected chi connectivity index (χ2v) is 4.44. The Morgan fingerprint density at radius 2 is 2.24 bits per heavy atom. The zero-order valence-corrected chi connectivity index (χ0v) is 11.9. The Kier molecular flexibility index (Phi) is 4.61. The number of rotatable bonds is 6. The molecule has 0 aliphatic carbocycles. The molecule has 0 aliphatic rings. The third kappa shape index (κ3) is 4.10. The molecule has 0 spiro atoms. The van der Waals surface area contributed by atoms with Crippen LogP contribution >= 0.6 is 0 Å². The van der Waals surface area contributed by atoms with E-state index in [4.69, 9.17) is 10.5 Å². The summed E-state index contributed by atoms with van der Waals surface area (Å²) in [5.74, 6) is 0.794. The predicted octanol–water partition coefficient (Wildman–Crippen LogP) is 1.79. The van der Waals surface area contributed by atoms with Crippen LogP contribution in [0.15, 0.2) is 53.7 Å². The summed E-state index contributed by atoms with van der Waals surface area (Å²) in [5.41, 5.74) is 7.16. The van der Waals surface area contributed by atoms with Crippen LogP contribution in [0.5, 0.6) is 0 Å². The minimum Gasteiger partial charge on any atom is -0.480 e. The van der Waals surface area contributed by atoms with Gasteiger partial charge in [-0.3, -0.25) is 4.79 Å². The molecule has 0 unspecified atom stereocenters. The first-order valence-corrected chi connectivity index (χ1v) is 6.60. The lowest BCUT2D eigenvalue weighted by molar-refractivity contribution is 0.236. The van der Waals surface area contributed by atoms with Gasteiger partial charge in [0.05, 0.1) is 13.2 Å². The Labute approximate surface area is 122 Å². The maximum atomic E-state index is 11.7. The summed E-state index contributed by atoms with van der Waals surface area (Å²) >= 11 is 0. The lowest BCUT2D eigenvalue weighted by Crippen LogP contribution is -2.23. The summed E-state index contributed by atoms with van der Waals surface area (Å²) in [7, 11) is 0. The molecular formula is C15H18N4O2. The fraction of sp³-hybridized carbons (Fsp3) is 0.200. The highest BCUT2D eigenvalue weighted by atomic mass is 16.5. The molecule has 0 saturated heterocycles. The lowest BCUT2D eigenvalue weighted by atomic mass is 10.2. The van der Waals surface area contributed by atoms with Gasteiger partial charge in [-0.05, 0) is 37.3 Å². The minimum atomic E-state index is -0.193. The highest BCUT2D eigenvalue weighted by Crippen LogP contribution is 2.13. The van der Waals surface area contributed by atoms with Crippen molar-refractivity contribution in [1.29, 1.82) is 0 Å². The van der Waals surface area contributed by atoms with Crippen molar-refractivity contribution in [1.82, 2.24) is 9.78 Å². The van der Waals surface area contributed by atoms with Crippen molar-refractivity contribution < 1.29 is 4.74 Å². The van der Waals surface area contributed by atoms with Gasteiger partial charge in [0, 0.05) is 11.8 Å². The van der Waals surface area contributed by atoms with Gasteiger partial charge in [0.2, 0.25) is 0 Å². The SMILES string of the molecule is C=C(Nc1cccc(Cn2nc(N)ccc2=O)c1)OCC. The highest BCUT2D eigenvalue weighted by molar-refractivity contribution is 5.48. The van der Waals surface area contributed by atoms with Gasteiger partial charge in [0.15, 0.2) is 5.88 Å². The summed E-state index contributed by atoms with van der Waals surface area (Å²) in [6, 6.07) is 10.5. The number of benzene rings is 1. The number of hydrogen-bond acceptors (Lipinski definition) is 5. The second kappa shape index (κ2) is 6.60. The maximum absolute atomic E-state index is 11.7. The Bertz CT molecular complexity index is 694. The number of nitrogens with one attached hydrogen (secondary N) is 1. The van der Waals surface area contributed by atoms with Gasteiger partial charge in [-0.25, -0.2) is 4.68 Å². The number of nitrogens with zero attached hydrogens (tertiary/aromatic N) is 2. The molecule has 0 saturated carbocycles. The van der Waals surface area contributed by atoms with Crippen LogP contribution in [0.2, 0.25) is 0 Å². The van der Waals surface area contributed by atoms with E-state index in [1.165, 1.54) is 16.8 Å². The Morgan fingerprint density at radius 3 is 3.00 bits per heavy atom. The number of aromatic nitrogens is 2. The Morgan fingerprint density at radius 1 is 1.43 bits per heavy atom. The van der Waals surface area contributed by atoms with Crippen molar-refractivity contribution in [3.8, 4) is 0 Å². The number of anilines is 2. The topological polar surface area (TPSA) is 82.2 Å². The minimum absolute atomic E-state index is 0.193. The van der Waals surface area contributed by atoms with Crippen molar-refractivity contribution in [3.63, 3.8) is 0 Å². The van der Waals surface area contributed by atoms with E-state index in [-0.39, 0.29) is 5.56 Å². The van der Waals surface area contributed by atoms with Crippen LogP contribution in [0.3, 0.4) is 0 Å². The second-order valence-electron chi connectivity index (χ2n) is 4.44. The monoisotopic (exact) mass is 286 g/mol. The number of nitrogens with two attached hydrogens (primary N) is 1. The summed E-state index contributed by atoms with van der Waals surface area (Å²) in [6.07, 6.45) is 0. The van der Waals surface area contributed by atoms with Crippen LogP contribution in [-0.4, -0.2) is 16.4 Å². The molecule has 0 atom stereocenters. The fourth-order valence-corrected chi connectivity index (χ4v) is 1.87. The molecule has 6 heteroatoms. The lowest BCUT2D eigenvalue weighted by Gasteiger charge is -2.11. The summed E-state index contributed by atoms with van der Waals surface area (Å²) < 4.78 is 6.57. The standard InChI is InChI=1S/C15H18N4O2/c1-3-21-11(2)17-13-6-4-5-12(9-13)10-19-15(20)8-7-14(16)18-19/h4-9,17H,2-3,10H2,1H3,(H2,16,18). The molecule has 6 nitrogen and oxygen atoms in total. The average molecular weight is 286 g/mol. The van der Waals surface area contributed by atoms with E-state index in [2.05, 4.69) is 17.0 Å². The van der Waals surface area contributed by atoms with E-state index >= 15 is 0 Å². The third-order valence-corrected chi connectivity index (χ3v) is 2.75. The van der Waals surface area contributed by atoms with E-state index in [1.807, 2.05) is 31.2 Å². The molecule has 0 bridgehead atoms. The zero-order chi connectivity index (χ0) is 15.2. The largest absolute Gasteiger partial charge is 0.480 e. The molecule has 0 radical (unpaired) electrons. The van der Waals surface area contributed by atoms with Gasteiger partial charge in [0.1, 0.15) is 5.82 Å². The molecule has 0 amide bonds. The fourth-order valence-electron chi connectivity index (χ4n) is 1.87. The predicted molar refractivity (Wildman–Crippen MR) is 82.8 cm³/mol. The summed E-state index contributed by atoms with van der Waals surface area (Å²) in [6.45, 7) is 6.55. The van der Waals surface area contributed by atoms with Gasteiger partial charge in [-0.2, -0.15) is 5.10 Å². The van der Waals surface area contributed by atoms with Crippen molar-refractivity contribution >= 4 is 11.5 Å². The van der Waals surface area contributed by atoms with Crippen LogP contribution in [-0.2, 0) is 11.3 Å². The van der Waals surface area contributed by atoms with Gasteiger partial charge in [0.25, 0.3) is 5.56 Å². The first kappa shape index (κ1) is 14.6. The molecule has 2 aromatic rings. The quantitative estimate of drug-likeness (QED) is 0.791. The molecule has 1 aromatic carbocycles. The van der Waals surface area contributed by atoms with Gasteiger partial charge >= 0.3 is 0 Å². The van der Waals surface area contributed by atoms with Crippen molar-refractivity contribution in [3.05, 3.63) is 64.8 Å². The Hall–Kier alpha value is -2.76. The van der Waals surface area contributed by atoms with Crippen molar-refractivity contribution in [2.75, 3.05) is 17.7 Å². The molecule has 21 heavy (non-hydrogen) atoms. The smallest absolute Gasteiger partial charge is 0.267 e. The van der Waals surface area contributed by atoms with E-state index in [0.717, 1.165) is 11.3 Å². The van der Waals surface area contributed by atoms with Crippen LogP contribution in [0.4, 0.5) is 11.5 Å². The maximum Gasteiger partial charge on any atom is 0.267 e. The molecule has 0 aliphatic heterocycles. The van der Waals surface area contributed by atoms with Crippen molar-refractivity contribution in [2.45, 2.75) is 13.5 Å². The first-order valence-electron chi connectivity index (χ1n) is 6.60. The molecule has 1 aromatic heterocycles. The number of ether oxygens (including phenoxy) is 1. The van der Waals surface area contributed by atoms with Crippen LogP contribution in [0, 0.1) is 0 Å². The van der Waals surface area contributed by atoms with Crippen LogP contribution in [0.25, 0.3) is 0 Å². The van der Waals surface area contributed by atoms with E-state index in [0.29, 0.717) is 24.9 Å². The van der Waals surface area contributed by atoms with Crippen molar-refractivity contribution in [2.24, 2.45) is 0 Å². The summed E-state index contributed by atoms with van der Waals surface area (Å²) in [4.78, 5) is 11.7. The summed E-state index contributed by atoms with van der Waals surface area (Å²) in [5, 5.41) is 7.05. The van der Waals surface area contributed by atoms with E-state index < -0.39 is 0 Å². The molecule has 0 fully saturated rings. The number of hydrogen-bond donors (Lipinski definition) is 2. The average Bonchev–Trinajstić information content (AvgIpc) is 2.43. The molecule has 2 rings (SSSR count). The van der Waals surface area contributed by atoms with Gasteiger partial charge in [-0.1, -0.05) is 12.1 Å². The highest BCUT2D eigenvalue weighted by Gasteiger charge is 2.02. The third-order valence-electron chi connectivity index (χ3n) is 2.75. The van der Waals surface area contributed by atoms with Crippen LogP contribution in [0.1, 0.15) is 12.5 Å². The Balaban J connectivity index is 2.16. The molecule has 1 heterocycles. The van der Waals surface area contributed by atoms with Gasteiger partial charge < -0.3 is 15.8 Å². The normalized spacial score (nSPS) is 10.1.